The van der Waals surface area contributed by atoms with E-state index in [0.29, 0.717) is 18.7 Å². The summed E-state index contributed by atoms with van der Waals surface area (Å²) in [6.07, 6.45) is 0. The maximum Gasteiger partial charge on any atom is 0.253 e. The number of carbonyl (C=O) groups excluding carboxylic acids is 1. The fraction of sp³-hybridized carbons (Fsp3) is 0.533. The SMILES string of the molecule is COCCNS(=O)(=O)c1cccc(C(=O)N2CCNC(C)C2)c1.Cl. The van der Waals surface area contributed by atoms with E-state index in [-0.39, 0.29) is 42.4 Å². The van der Waals surface area contributed by atoms with Crippen LogP contribution in [0.5, 0.6) is 0 Å². The standard InChI is InChI=1S/C15H23N3O4S.ClH/c1-12-11-18(8-6-16-12)15(19)13-4-3-5-14(10-13)23(20,21)17-7-9-22-2;/h3-5,10,12,16-17H,6-9,11H2,1-2H3;1H. The monoisotopic (exact) mass is 377 g/mol. The lowest BCUT2D eigenvalue weighted by molar-refractivity contribution is 0.0709. The Morgan fingerprint density at radius 2 is 2.21 bits per heavy atom. The number of nitrogens with one attached hydrogen (secondary N) is 2. The molecular weight excluding hydrogens is 354 g/mol. The van der Waals surface area contributed by atoms with E-state index >= 15 is 0 Å². The lowest BCUT2D eigenvalue weighted by Gasteiger charge is -2.32. The van der Waals surface area contributed by atoms with Crippen LogP contribution in [0, 0.1) is 0 Å². The van der Waals surface area contributed by atoms with Gasteiger partial charge in [0.25, 0.3) is 5.91 Å². The number of halogens is 1. The molecule has 1 heterocycles. The highest BCUT2D eigenvalue weighted by Gasteiger charge is 2.23. The van der Waals surface area contributed by atoms with Gasteiger partial charge in [0.2, 0.25) is 10.0 Å². The van der Waals surface area contributed by atoms with Gasteiger partial charge in [-0.25, -0.2) is 13.1 Å². The van der Waals surface area contributed by atoms with Gasteiger partial charge in [-0.3, -0.25) is 4.79 Å². The van der Waals surface area contributed by atoms with Crippen LogP contribution in [0.4, 0.5) is 0 Å². The zero-order valence-electron chi connectivity index (χ0n) is 13.8. The van der Waals surface area contributed by atoms with Crippen LogP contribution in [0.3, 0.4) is 0 Å². The molecule has 1 atom stereocenters. The summed E-state index contributed by atoms with van der Waals surface area (Å²) in [7, 11) is -2.14. The van der Waals surface area contributed by atoms with Gasteiger partial charge in [-0.1, -0.05) is 6.07 Å². The first-order chi connectivity index (χ1) is 10.9. The second-order valence-corrected chi connectivity index (χ2v) is 7.29. The van der Waals surface area contributed by atoms with Crippen molar-refractivity contribution < 1.29 is 17.9 Å². The first-order valence-electron chi connectivity index (χ1n) is 7.55. The van der Waals surface area contributed by atoms with E-state index in [1.165, 1.54) is 19.2 Å². The number of piperazine rings is 1. The summed E-state index contributed by atoms with van der Waals surface area (Å²) in [6.45, 7) is 4.46. The van der Waals surface area contributed by atoms with Crippen molar-refractivity contribution in [2.24, 2.45) is 0 Å². The average Bonchev–Trinajstić information content (AvgIpc) is 2.54. The van der Waals surface area contributed by atoms with Gasteiger partial charge >= 0.3 is 0 Å². The van der Waals surface area contributed by atoms with Crippen LogP contribution >= 0.6 is 12.4 Å². The van der Waals surface area contributed by atoms with E-state index in [1.54, 1.807) is 17.0 Å². The molecule has 0 aromatic heterocycles. The van der Waals surface area contributed by atoms with Gasteiger partial charge in [0.05, 0.1) is 11.5 Å². The highest BCUT2D eigenvalue weighted by atomic mass is 35.5. The maximum absolute atomic E-state index is 12.5. The smallest absolute Gasteiger partial charge is 0.253 e. The molecule has 1 amide bonds. The largest absolute Gasteiger partial charge is 0.383 e. The van der Waals surface area contributed by atoms with Crippen LogP contribution in [0.2, 0.25) is 0 Å². The molecule has 1 aliphatic rings. The number of carbonyl (C=O) groups is 1. The molecule has 136 valence electrons. The van der Waals surface area contributed by atoms with Crippen molar-refractivity contribution in [2.45, 2.75) is 17.9 Å². The number of nitrogens with zero attached hydrogens (tertiary/aromatic N) is 1. The van der Waals surface area contributed by atoms with Crippen molar-refractivity contribution in [2.75, 3.05) is 39.9 Å². The van der Waals surface area contributed by atoms with Crippen LogP contribution < -0.4 is 10.0 Å². The predicted molar refractivity (Wildman–Crippen MR) is 94.1 cm³/mol. The van der Waals surface area contributed by atoms with Crippen molar-refractivity contribution in [3.05, 3.63) is 29.8 Å². The third-order valence-corrected chi connectivity index (χ3v) is 5.10. The number of sulfonamides is 1. The Morgan fingerprint density at radius 1 is 1.46 bits per heavy atom. The van der Waals surface area contributed by atoms with E-state index < -0.39 is 10.0 Å². The van der Waals surface area contributed by atoms with Gasteiger partial charge in [-0.2, -0.15) is 0 Å². The second kappa shape index (κ2) is 9.33. The Kier molecular flexibility index (Phi) is 8.11. The fourth-order valence-corrected chi connectivity index (χ4v) is 3.52. The molecule has 1 aromatic rings. The topological polar surface area (TPSA) is 87.7 Å². The first-order valence-corrected chi connectivity index (χ1v) is 9.03. The fourth-order valence-electron chi connectivity index (χ4n) is 2.46. The molecule has 0 bridgehead atoms. The van der Waals surface area contributed by atoms with Crippen molar-refractivity contribution in [3.63, 3.8) is 0 Å². The molecule has 1 unspecified atom stereocenters. The summed E-state index contributed by atoms with van der Waals surface area (Å²) in [5.41, 5.74) is 0.383. The lowest BCUT2D eigenvalue weighted by atomic mass is 10.1. The quantitative estimate of drug-likeness (QED) is 0.703. The van der Waals surface area contributed by atoms with E-state index in [9.17, 15) is 13.2 Å². The van der Waals surface area contributed by atoms with Gasteiger partial charge in [-0.15, -0.1) is 12.4 Å². The highest BCUT2D eigenvalue weighted by molar-refractivity contribution is 7.89. The molecule has 7 nitrogen and oxygen atoms in total. The van der Waals surface area contributed by atoms with Crippen molar-refractivity contribution >= 4 is 28.3 Å². The molecule has 0 aliphatic carbocycles. The molecule has 0 spiro atoms. The van der Waals surface area contributed by atoms with Gasteiger partial charge in [0, 0.05) is 44.9 Å². The summed E-state index contributed by atoms with van der Waals surface area (Å²) in [6, 6.07) is 6.36. The highest BCUT2D eigenvalue weighted by Crippen LogP contribution is 2.14. The van der Waals surface area contributed by atoms with E-state index in [1.807, 2.05) is 6.92 Å². The first kappa shape index (κ1) is 20.9. The Morgan fingerprint density at radius 3 is 2.88 bits per heavy atom. The number of ether oxygens (including phenoxy) is 1. The Hall–Kier alpha value is -1.19. The van der Waals surface area contributed by atoms with Crippen LogP contribution in [0.15, 0.2) is 29.2 Å². The molecule has 1 saturated heterocycles. The van der Waals surface area contributed by atoms with Gasteiger partial charge in [0.1, 0.15) is 0 Å². The second-order valence-electron chi connectivity index (χ2n) is 5.52. The molecule has 1 aliphatic heterocycles. The molecule has 0 radical (unpaired) electrons. The summed E-state index contributed by atoms with van der Waals surface area (Å²) in [5.74, 6) is -0.146. The van der Waals surface area contributed by atoms with Gasteiger partial charge in [0.15, 0.2) is 0 Å². The Labute approximate surface area is 149 Å². The maximum atomic E-state index is 12.5. The van der Waals surface area contributed by atoms with Crippen molar-refractivity contribution in [1.82, 2.24) is 14.9 Å². The lowest BCUT2D eigenvalue weighted by Crippen LogP contribution is -2.51. The van der Waals surface area contributed by atoms with Crippen LogP contribution in [-0.4, -0.2) is 65.2 Å². The number of benzene rings is 1. The van der Waals surface area contributed by atoms with Crippen molar-refractivity contribution in [1.29, 1.82) is 0 Å². The third kappa shape index (κ3) is 5.42. The minimum absolute atomic E-state index is 0. The molecule has 1 aromatic carbocycles. The summed E-state index contributed by atoms with van der Waals surface area (Å²) in [5, 5.41) is 3.27. The van der Waals surface area contributed by atoms with E-state index in [2.05, 4.69) is 10.0 Å². The number of methoxy groups -OCH3 is 1. The van der Waals surface area contributed by atoms with E-state index in [0.717, 1.165) is 6.54 Å². The molecule has 24 heavy (non-hydrogen) atoms. The molecule has 0 saturated carbocycles. The van der Waals surface area contributed by atoms with Crippen LogP contribution in [-0.2, 0) is 14.8 Å². The minimum Gasteiger partial charge on any atom is -0.383 e. The summed E-state index contributed by atoms with van der Waals surface area (Å²) in [4.78, 5) is 14.4. The Bertz CT molecular complexity index is 654. The molecule has 2 rings (SSSR count). The van der Waals surface area contributed by atoms with Gasteiger partial charge in [-0.05, 0) is 25.1 Å². The molecule has 2 N–H and O–H groups in total. The van der Waals surface area contributed by atoms with Crippen LogP contribution in [0.1, 0.15) is 17.3 Å². The normalized spacial score (nSPS) is 18.1. The van der Waals surface area contributed by atoms with Crippen molar-refractivity contribution in [3.8, 4) is 0 Å². The zero-order chi connectivity index (χ0) is 16.9. The number of amides is 1. The molecular formula is C15H24ClN3O4S. The summed E-state index contributed by atoms with van der Waals surface area (Å²) >= 11 is 0. The summed E-state index contributed by atoms with van der Waals surface area (Å²) < 4.78 is 31.7. The van der Waals surface area contributed by atoms with Gasteiger partial charge < -0.3 is 15.0 Å². The molecule has 9 heteroatoms. The third-order valence-electron chi connectivity index (χ3n) is 3.65. The Balaban J connectivity index is 0.00000288. The zero-order valence-corrected chi connectivity index (χ0v) is 15.5. The minimum atomic E-state index is -3.64. The number of hydrogen-bond donors (Lipinski definition) is 2. The average molecular weight is 378 g/mol. The molecule has 1 fully saturated rings. The number of hydrogen-bond acceptors (Lipinski definition) is 5. The van der Waals surface area contributed by atoms with Crippen LogP contribution in [0.25, 0.3) is 0 Å². The van der Waals surface area contributed by atoms with E-state index in [4.69, 9.17) is 4.74 Å². The number of rotatable bonds is 6. The predicted octanol–water partition coefficient (Wildman–Crippen LogP) is 0.467.